The van der Waals surface area contributed by atoms with Crippen molar-refractivity contribution in [1.82, 2.24) is 9.97 Å². The fourth-order valence-electron chi connectivity index (χ4n) is 1.78. The first-order valence-corrected chi connectivity index (χ1v) is 8.46. The molecule has 3 rings (SSSR count). The number of halogens is 1. The van der Waals surface area contributed by atoms with E-state index in [1.165, 1.54) is 17.7 Å². The first-order chi connectivity index (χ1) is 9.74. The van der Waals surface area contributed by atoms with Crippen molar-refractivity contribution in [1.29, 1.82) is 0 Å². The molecule has 1 aromatic heterocycles. The highest BCUT2D eigenvalue weighted by Crippen LogP contribution is 2.29. The average Bonchev–Trinajstić information content (AvgIpc) is 3.27. The molecule has 2 N–H and O–H groups in total. The van der Waals surface area contributed by atoms with Gasteiger partial charge >= 0.3 is 0 Å². The minimum absolute atomic E-state index is 0.564. The number of benzene rings is 1. The summed E-state index contributed by atoms with van der Waals surface area (Å²) in [6.07, 6.45) is 6.27. The fourth-order valence-corrected chi connectivity index (χ4v) is 2.54. The quantitative estimate of drug-likeness (QED) is 0.788. The van der Waals surface area contributed by atoms with Crippen molar-refractivity contribution in [3.05, 3.63) is 34.9 Å². The van der Waals surface area contributed by atoms with Gasteiger partial charge in [-0.05, 0) is 53.2 Å². The number of rotatable bonds is 5. The molecule has 1 fully saturated rings. The molecular formula is C14H15BrN4S. The second kappa shape index (κ2) is 6.01. The Bertz CT molecular complexity index is 616. The van der Waals surface area contributed by atoms with Gasteiger partial charge in [0.1, 0.15) is 5.82 Å². The molecule has 1 aromatic carbocycles. The van der Waals surface area contributed by atoms with Crippen LogP contribution in [0.15, 0.2) is 39.8 Å². The Kier molecular flexibility index (Phi) is 4.12. The normalized spacial score (nSPS) is 14.1. The van der Waals surface area contributed by atoms with E-state index in [2.05, 4.69) is 54.9 Å². The number of nitrogens with one attached hydrogen (secondary N) is 2. The third-order valence-electron chi connectivity index (χ3n) is 2.99. The predicted molar refractivity (Wildman–Crippen MR) is 87.9 cm³/mol. The summed E-state index contributed by atoms with van der Waals surface area (Å²) in [7, 11) is 0. The van der Waals surface area contributed by atoms with Crippen LogP contribution in [0.25, 0.3) is 0 Å². The highest BCUT2D eigenvalue weighted by molar-refractivity contribution is 9.10. The van der Waals surface area contributed by atoms with Crippen molar-refractivity contribution in [3.8, 4) is 0 Å². The summed E-state index contributed by atoms with van der Waals surface area (Å²) >= 11 is 5.19. The van der Waals surface area contributed by atoms with E-state index in [9.17, 15) is 0 Å². The second-order valence-corrected chi connectivity index (χ2v) is 6.40. The monoisotopic (exact) mass is 350 g/mol. The lowest BCUT2D eigenvalue weighted by Crippen LogP contribution is -2.06. The summed E-state index contributed by atoms with van der Waals surface area (Å²) in [6, 6.07) is 8.77. The van der Waals surface area contributed by atoms with Gasteiger partial charge in [-0.3, -0.25) is 0 Å². The largest absolute Gasteiger partial charge is 0.366 e. The maximum absolute atomic E-state index is 4.52. The second-order valence-electron chi connectivity index (χ2n) is 4.67. The average molecular weight is 351 g/mol. The topological polar surface area (TPSA) is 49.8 Å². The van der Waals surface area contributed by atoms with E-state index in [1.54, 1.807) is 18.0 Å². The van der Waals surface area contributed by atoms with E-state index in [1.807, 2.05) is 12.1 Å². The minimum atomic E-state index is 0.564. The van der Waals surface area contributed by atoms with Gasteiger partial charge in [-0.15, -0.1) is 11.8 Å². The molecule has 0 atom stereocenters. The molecular weight excluding hydrogens is 336 g/mol. The zero-order valence-corrected chi connectivity index (χ0v) is 13.5. The fraction of sp³-hybridized carbons (Fsp3) is 0.286. The van der Waals surface area contributed by atoms with E-state index < -0.39 is 0 Å². The molecule has 2 aromatic rings. The SMILES string of the molecule is CSc1cccc(Nc2ncc(Br)c(NC3CC3)n2)c1. The molecule has 104 valence electrons. The first-order valence-electron chi connectivity index (χ1n) is 6.45. The summed E-state index contributed by atoms with van der Waals surface area (Å²) in [5.41, 5.74) is 0.997. The highest BCUT2D eigenvalue weighted by Gasteiger charge is 2.22. The van der Waals surface area contributed by atoms with Crippen molar-refractivity contribution < 1.29 is 0 Å². The van der Waals surface area contributed by atoms with Crippen molar-refractivity contribution in [2.45, 2.75) is 23.8 Å². The van der Waals surface area contributed by atoms with Crippen LogP contribution in [0.2, 0.25) is 0 Å². The zero-order chi connectivity index (χ0) is 13.9. The van der Waals surface area contributed by atoms with Crippen LogP contribution in [0.3, 0.4) is 0 Å². The zero-order valence-electron chi connectivity index (χ0n) is 11.1. The molecule has 0 aliphatic heterocycles. The summed E-state index contributed by atoms with van der Waals surface area (Å²) < 4.78 is 0.896. The van der Waals surface area contributed by atoms with Crippen molar-refractivity contribution >= 4 is 45.1 Å². The Morgan fingerprint density at radius 3 is 2.95 bits per heavy atom. The number of hydrogen-bond donors (Lipinski definition) is 2. The molecule has 1 aliphatic rings. The van der Waals surface area contributed by atoms with Gasteiger partial charge in [-0.2, -0.15) is 4.98 Å². The van der Waals surface area contributed by atoms with E-state index in [-0.39, 0.29) is 0 Å². The van der Waals surface area contributed by atoms with E-state index in [0.717, 1.165) is 16.0 Å². The molecule has 1 aliphatic carbocycles. The third kappa shape index (κ3) is 3.43. The van der Waals surface area contributed by atoms with Gasteiger partial charge < -0.3 is 10.6 Å². The molecule has 0 bridgehead atoms. The lowest BCUT2D eigenvalue weighted by Gasteiger charge is -2.10. The van der Waals surface area contributed by atoms with E-state index in [0.29, 0.717) is 12.0 Å². The van der Waals surface area contributed by atoms with Crippen LogP contribution in [-0.4, -0.2) is 22.3 Å². The first kappa shape index (κ1) is 13.7. The summed E-state index contributed by atoms with van der Waals surface area (Å²) in [5.74, 6) is 1.46. The Morgan fingerprint density at radius 2 is 2.20 bits per heavy atom. The lowest BCUT2D eigenvalue weighted by atomic mass is 10.3. The van der Waals surface area contributed by atoms with Crippen LogP contribution in [0.5, 0.6) is 0 Å². The molecule has 4 nitrogen and oxygen atoms in total. The Labute approximate surface area is 130 Å². The third-order valence-corrected chi connectivity index (χ3v) is 4.29. The van der Waals surface area contributed by atoms with Crippen molar-refractivity contribution in [3.63, 3.8) is 0 Å². The molecule has 1 heterocycles. The molecule has 0 spiro atoms. The number of anilines is 3. The summed E-state index contributed by atoms with van der Waals surface area (Å²) in [4.78, 5) is 10.0. The molecule has 1 saturated carbocycles. The Hall–Kier alpha value is -1.27. The molecule has 0 saturated heterocycles. The molecule has 6 heteroatoms. The standard InChI is InChI=1S/C14H15BrN4S/c1-20-11-4-2-3-10(7-11)18-14-16-8-12(15)13(19-14)17-9-5-6-9/h2-4,7-9H,5-6H2,1H3,(H2,16,17,18,19). The van der Waals surface area contributed by atoms with Gasteiger partial charge in [-0.1, -0.05) is 6.07 Å². The van der Waals surface area contributed by atoms with Crippen LogP contribution < -0.4 is 10.6 Å². The summed E-state index contributed by atoms with van der Waals surface area (Å²) in [6.45, 7) is 0. The van der Waals surface area contributed by atoms with Gasteiger partial charge in [0.25, 0.3) is 0 Å². The van der Waals surface area contributed by atoms with Crippen LogP contribution >= 0.6 is 27.7 Å². The number of hydrogen-bond acceptors (Lipinski definition) is 5. The lowest BCUT2D eigenvalue weighted by molar-refractivity contribution is 1.07. The van der Waals surface area contributed by atoms with Crippen molar-refractivity contribution in [2.75, 3.05) is 16.9 Å². The smallest absolute Gasteiger partial charge is 0.229 e. The number of thioether (sulfide) groups is 1. The summed E-state index contributed by atoms with van der Waals surface area (Å²) in [5, 5.41) is 6.63. The maximum Gasteiger partial charge on any atom is 0.229 e. The van der Waals surface area contributed by atoms with Gasteiger partial charge in [0.2, 0.25) is 5.95 Å². The molecule has 0 unspecified atom stereocenters. The van der Waals surface area contributed by atoms with E-state index in [4.69, 9.17) is 0 Å². The van der Waals surface area contributed by atoms with Gasteiger partial charge in [-0.25, -0.2) is 4.98 Å². The van der Waals surface area contributed by atoms with Gasteiger partial charge in [0, 0.05) is 22.8 Å². The predicted octanol–water partition coefficient (Wildman–Crippen LogP) is 4.28. The van der Waals surface area contributed by atoms with Gasteiger partial charge in [0.05, 0.1) is 4.47 Å². The number of aromatic nitrogens is 2. The van der Waals surface area contributed by atoms with Crippen LogP contribution in [0.1, 0.15) is 12.8 Å². The molecule has 0 amide bonds. The van der Waals surface area contributed by atoms with Gasteiger partial charge in [0.15, 0.2) is 0 Å². The molecule has 20 heavy (non-hydrogen) atoms. The Morgan fingerprint density at radius 1 is 1.35 bits per heavy atom. The van der Waals surface area contributed by atoms with Crippen LogP contribution in [0, 0.1) is 0 Å². The molecule has 0 radical (unpaired) electrons. The van der Waals surface area contributed by atoms with E-state index >= 15 is 0 Å². The number of nitrogens with zero attached hydrogens (tertiary/aromatic N) is 2. The maximum atomic E-state index is 4.52. The highest BCUT2D eigenvalue weighted by atomic mass is 79.9. The van der Waals surface area contributed by atoms with Crippen LogP contribution in [-0.2, 0) is 0 Å². The Balaban J connectivity index is 1.78. The minimum Gasteiger partial charge on any atom is -0.366 e. The van der Waals surface area contributed by atoms with Crippen molar-refractivity contribution in [2.24, 2.45) is 0 Å². The van der Waals surface area contributed by atoms with Crippen LogP contribution in [0.4, 0.5) is 17.5 Å².